The Hall–Kier alpha value is -0.860. The van der Waals surface area contributed by atoms with Gasteiger partial charge in [-0.3, -0.25) is 0 Å². The molecule has 0 aliphatic heterocycles. The molecule has 0 spiro atoms. The molecule has 2 rings (SSSR count). The van der Waals surface area contributed by atoms with Gasteiger partial charge in [0.1, 0.15) is 0 Å². The van der Waals surface area contributed by atoms with E-state index in [2.05, 4.69) is 56.4 Å². The molecule has 3 N–H and O–H groups in total. The molecule has 106 valence electrons. The van der Waals surface area contributed by atoms with E-state index in [4.69, 9.17) is 5.73 Å². The number of nitrogens with one attached hydrogen (secondary N) is 1. The number of benzene rings is 1. The molecule has 1 unspecified atom stereocenters. The van der Waals surface area contributed by atoms with Crippen LogP contribution in [0, 0.1) is 5.41 Å². The summed E-state index contributed by atoms with van der Waals surface area (Å²) in [6.07, 6.45) is 4.73. The van der Waals surface area contributed by atoms with E-state index in [1.165, 1.54) is 18.4 Å². The Bertz CT molecular complexity index is 372. The van der Waals surface area contributed by atoms with Gasteiger partial charge in [0.15, 0.2) is 0 Å². The first kappa shape index (κ1) is 14.5. The molecule has 0 bridgehead atoms. The van der Waals surface area contributed by atoms with Gasteiger partial charge in [0.25, 0.3) is 0 Å². The second kappa shape index (κ2) is 6.06. The van der Waals surface area contributed by atoms with Crippen LogP contribution in [0.15, 0.2) is 30.3 Å². The maximum absolute atomic E-state index is 6.00. The normalized spacial score (nSPS) is 26.1. The van der Waals surface area contributed by atoms with E-state index in [1.54, 1.807) is 0 Å². The van der Waals surface area contributed by atoms with Crippen LogP contribution >= 0.6 is 0 Å². The average Bonchev–Trinajstić information content (AvgIpc) is 2.37. The summed E-state index contributed by atoms with van der Waals surface area (Å²) >= 11 is 0. The van der Waals surface area contributed by atoms with Gasteiger partial charge in [-0.25, -0.2) is 0 Å². The van der Waals surface area contributed by atoms with Crippen LogP contribution in [0.1, 0.15) is 58.1 Å². The van der Waals surface area contributed by atoms with Crippen LogP contribution in [0.5, 0.6) is 0 Å². The van der Waals surface area contributed by atoms with Gasteiger partial charge in [-0.05, 0) is 36.7 Å². The molecule has 1 atom stereocenters. The first-order valence-electron chi connectivity index (χ1n) is 7.53. The van der Waals surface area contributed by atoms with E-state index in [-0.39, 0.29) is 5.41 Å². The maximum Gasteiger partial charge on any atom is 0.0371 e. The number of hydrogen-bond donors (Lipinski definition) is 2. The van der Waals surface area contributed by atoms with Crippen LogP contribution in [0.3, 0.4) is 0 Å². The molecule has 0 heterocycles. The van der Waals surface area contributed by atoms with E-state index in [0.29, 0.717) is 18.1 Å². The van der Waals surface area contributed by atoms with E-state index in [1.807, 2.05) is 0 Å². The summed E-state index contributed by atoms with van der Waals surface area (Å²) in [4.78, 5) is 0. The molecule has 0 aromatic heterocycles. The SMILES string of the molecule is CC(C)(C)C(NC1CCC(N)CC1)c1ccccc1. The Labute approximate surface area is 117 Å². The monoisotopic (exact) mass is 260 g/mol. The van der Waals surface area contributed by atoms with Gasteiger partial charge in [0.2, 0.25) is 0 Å². The summed E-state index contributed by atoms with van der Waals surface area (Å²) in [6, 6.07) is 12.3. The molecular weight excluding hydrogens is 232 g/mol. The smallest absolute Gasteiger partial charge is 0.0371 e. The first-order chi connectivity index (χ1) is 8.97. The fourth-order valence-electron chi connectivity index (χ4n) is 3.01. The largest absolute Gasteiger partial charge is 0.328 e. The lowest BCUT2D eigenvalue weighted by molar-refractivity contribution is 0.220. The third-order valence-electron chi connectivity index (χ3n) is 4.17. The molecule has 1 fully saturated rings. The van der Waals surface area contributed by atoms with E-state index < -0.39 is 0 Å². The Balaban J connectivity index is 2.07. The van der Waals surface area contributed by atoms with Crippen molar-refractivity contribution < 1.29 is 0 Å². The molecular formula is C17H28N2. The van der Waals surface area contributed by atoms with Crippen molar-refractivity contribution in [1.82, 2.24) is 5.32 Å². The summed E-state index contributed by atoms with van der Waals surface area (Å²) in [5.41, 5.74) is 7.61. The van der Waals surface area contributed by atoms with Crippen LogP contribution in [0.25, 0.3) is 0 Å². The highest BCUT2D eigenvalue weighted by Gasteiger charge is 2.29. The third-order valence-corrected chi connectivity index (χ3v) is 4.17. The molecule has 0 saturated heterocycles. The van der Waals surface area contributed by atoms with Crippen molar-refractivity contribution in [2.45, 2.75) is 64.6 Å². The minimum absolute atomic E-state index is 0.223. The van der Waals surface area contributed by atoms with Crippen molar-refractivity contribution in [2.75, 3.05) is 0 Å². The fourth-order valence-corrected chi connectivity index (χ4v) is 3.01. The molecule has 2 heteroatoms. The molecule has 1 aliphatic rings. The van der Waals surface area contributed by atoms with E-state index in [0.717, 1.165) is 12.8 Å². The van der Waals surface area contributed by atoms with Crippen LogP contribution in [0.4, 0.5) is 0 Å². The summed E-state index contributed by atoms with van der Waals surface area (Å²) in [6.45, 7) is 6.94. The number of rotatable bonds is 3. The Morgan fingerprint density at radius 3 is 2.16 bits per heavy atom. The van der Waals surface area contributed by atoms with E-state index >= 15 is 0 Å². The molecule has 1 aliphatic carbocycles. The van der Waals surface area contributed by atoms with Gasteiger partial charge in [0.05, 0.1) is 0 Å². The average molecular weight is 260 g/mol. The second-order valence-corrected chi connectivity index (χ2v) is 6.99. The molecule has 0 radical (unpaired) electrons. The standard InChI is InChI=1S/C17H28N2/c1-17(2,3)16(13-7-5-4-6-8-13)19-15-11-9-14(18)10-12-15/h4-8,14-16,19H,9-12,18H2,1-3H3. The van der Waals surface area contributed by atoms with Crippen molar-refractivity contribution in [3.8, 4) is 0 Å². The lowest BCUT2D eigenvalue weighted by Crippen LogP contribution is -2.43. The zero-order valence-electron chi connectivity index (χ0n) is 12.5. The Morgan fingerprint density at radius 2 is 1.63 bits per heavy atom. The predicted octanol–water partition coefficient (Wildman–Crippen LogP) is 3.63. The lowest BCUT2D eigenvalue weighted by atomic mass is 9.80. The predicted molar refractivity (Wildman–Crippen MR) is 82.0 cm³/mol. The molecule has 0 amide bonds. The van der Waals surface area contributed by atoms with Gasteiger partial charge >= 0.3 is 0 Å². The fraction of sp³-hybridized carbons (Fsp3) is 0.647. The van der Waals surface area contributed by atoms with Crippen molar-refractivity contribution in [2.24, 2.45) is 11.1 Å². The quantitative estimate of drug-likeness (QED) is 0.871. The molecule has 19 heavy (non-hydrogen) atoms. The van der Waals surface area contributed by atoms with Crippen molar-refractivity contribution >= 4 is 0 Å². The number of hydrogen-bond acceptors (Lipinski definition) is 2. The van der Waals surface area contributed by atoms with Crippen LogP contribution in [-0.2, 0) is 0 Å². The van der Waals surface area contributed by atoms with Crippen molar-refractivity contribution in [3.05, 3.63) is 35.9 Å². The van der Waals surface area contributed by atoms with Gasteiger partial charge in [-0.1, -0.05) is 51.1 Å². The zero-order valence-corrected chi connectivity index (χ0v) is 12.5. The van der Waals surface area contributed by atoms with Crippen molar-refractivity contribution in [1.29, 1.82) is 0 Å². The minimum atomic E-state index is 0.223. The number of nitrogens with two attached hydrogens (primary N) is 1. The van der Waals surface area contributed by atoms with Crippen LogP contribution in [0.2, 0.25) is 0 Å². The molecule has 2 nitrogen and oxygen atoms in total. The Morgan fingerprint density at radius 1 is 1.05 bits per heavy atom. The van der Waals surface area contributed by atoms with Gasteiger partial charge < -0.3 is 11.1 Å². The summed E-state index contributed by atoms with van der Waals surface area (Å²) in [5, 5.41) is 3.88. The lowest BCUT2D eigenvalue weighted by Gasteiger charge is -2.37. The molecule has 1 aromatic rings. The summed E-state index contributed by atoms with van der Waals surface area (Å²) in [7, 11) is 0. The molecule has 1 aromatic carbocycles. The molecule has 1 saturated carbocycles. The second-order valence-electron chi connectivity index (χ2n) is 6.99. The van der Waals surface area contributed by atoms with Gasteiger partial charge in [0, 0.05) is 18.1 Å². The topological polar surface area (TPSA) is 38.0 Å². The highest BCUT2D eigenvalue weighted by atomic mass is 15.0. The van der Waals surface area contributed by atoms with Gasteiger partial charge in [-0.15, -0.1) is 0 Å². The van der Waals surface area contributed by atoms with E-state index in [9.17, 15) is 0 Å². The van der Waals surface area contributed by atoms with Gasteiger partial charge in [-0.2, -0.15) is 0 Å². The van der Waals surface area contributed by atoms with Crippen molar-refractivity contribution in [3.63, 3.8) is 0 Å². The minimum Gasteiger partial charge on any atom is -0.328 e. The third kappa shape index (κ3) is 4.05. The maximum atomic E-state index is 6.00. The van der Waals surface area contributed by atoms with Crippen LogP contribution < -0.4 is 11.1 Å². The summed E-state index contributed by atoms with van der Waals surface area (Å²) in [5.74, 6) is 0. The Kier molecular flexibility index (Phi) is 4.64. The first-order valence-corrected chi connectivity index (χ1v) is 7.53. The summed E-state index contributed by atoms with van der Waals surface area (Å²) < 4.78 is 0. The van der Waals surface area contributed by atoms with Crippen LogP contribution in [-0.4, -0.2) is 12.1 Å². The highest BCUT2D eigenvalue weighted by Crippen LogP contribution is 2.34. The highest BCUT2D eigenvalue weighted by molar-refractivity contribution is 5.21. The zero-order chi connectivity index (χ0) is 13.9.